The Morgan fingerprint density at radius 3 is 2.56 bits per heavy atom. The molecule has 1 aliphatic rings. The lowest BCUT2D eigenvalue weighted by molar-refractivity contribution is 0.0376. The number of primary sulfonamides is 1. The molecule has 1 fully saturated rings. The van der Waals surface area contributed by atoms with E-state index in [1.54, 1.807) is 6.08 Å². The van der Waals surface area contributed by atoms with Crippen LogP contribution in [0.15, 0.2) is 12.7 Å². The largest absolute Gasteiger partial charge is 0.379 e. The zero-order valence-corrected chi connectivity index (χ0v) is 10.3. The van der Waals surface area contributed by atoms with Crippen molar-refractivity contribution in [1.82, 2.24) is 4.90 Å². The van der Waals surface area contributed by atoms with Crippen LogP contribution in [0.1, 0.15) is 12.8 Å². The van der Waals surface area contributed by atoms with Crippen molar-refractivity contribution in [2.45, 2.75) is 18.1 Å². The monoisotopic (exact) mass is 248 g/mol. The van der Waals surface area contributed by atoms with E-state index in [1.165, 1.54) is 0 Å². The number of sulfonamides is 1. The summed E-state index contributed by atoms with van der Waals surface area (Å²) < 4.78 is 28.0. The molecule has 0 aliphatic carbocycles. The van der Waals surface area contributed by atoms with Gasteiger partial charge in [0.15, 0.2) is 0 Å². The molecule has 16 heavy (non-hydrogen) atoms. The Kier molecular flexibility index (Phi) is 5.40. The number of nitrogens with two attached hydrogens (primary N) is 1. The lowest BCUT2D eigenvalue weighted by Gasteiger charge is -2.29. The van der Waals surface area contributed by atoms with Gasteiger partial charge in [0.05, 0.1) is 18.5 Å². The minimum absolute atomic E-state index is 0.496. The highest BCUT2D eigenvalue weighted by Gasteiger charge is 2.24. The SMILES string of the molecule is C=CCCC(CN1CCOCC1)S(N)(=O)=O. The first kappa shape index (κ1) is 13.6. The quantitative estimate of drug-likeness (QED) is 0.669. The van der Waals surface area contributed by atoms with Crippen LogP contribution in [0.25, 0.3) is 0 Å². The van der Waals surface area contributed by atoms with Crippen molar-refractivity contribution in [2.24, 2.45) is 5.14 Å². The molecule has 1 atom stereocenters. The van der Waals surface area contributed by atoms with Crippen LogP contribution >= 0.6 is 0 Å². The van der Waals surface area contributed by atoms with Crippen LogP contribution in [0.3, 0.4) is 0 Å². The lowest BCUT2D eigenvalue weighted by atomic mass is 10.2. The first-order valence-electron chi connectivity index (χ1n) is 5.46. The average molecular weight is 248 g/mol. The van der Waals surface area contributed by atoms with Gasteiger partial charge in [-0.1, -0.05) is 6.08 Å². The molecule has 0 radical (unpaired) electrons. The molecule has 0 saturated carbocycles. The first-order valence-corrected chi connectivity index (χ1v) is 7.07. The molecule has 0 aromatic carbocycles. The van der Waals surface area contributed by atoms with Crippen molar-refractivity contribution in [3.8, 4) is 0 Å². The van der Waals surface area contributed by atoms with Crippen molar-refractivity contribution in [3.63, 3.8) is 0 Å². The summed E-state index contributed by atoms with van der Waals surface area (Å²) in [5.41, 5.74) is 0. The van der Waals surface area contributed by atoms with E-state index in [0.29, 0.717) is 32.6 Å². The number of ether oxygens (including phenoxy) is 1. The summed E-state index contributed by atoms with van der Waals surface area (Å²) in [7, 11) is -3.47. The highest BCUT2D eigenvalue weighted by atomic mass is 32.2. The van der Waals surface area contributed by atoms with E-state index in [4.69, 9.17) is 9.88 Å². The van der Waals surface area contributed by atoms with Crippen LogP contribution in [-0.2, 0) is 14.8 Å². The van der Waals surface area contributed by atoms with Gasteiger partial charge in [0.2, 0.25) is 10.0 Å². The van der Waals surface area contributed by atoms with E-state index in [0.717, 1.165) is 13.1 Å². The lowest BCUT2D eigenvalue weighted by Crippen LogP contribution is -2.44. The number of nitrogens with zero attached hydrogens (tertiary/aromatic N) is 1. The Balaban J connectivity index is 2.51. The summed E-state index contributed by atoms with van der Waals surface area (Å²) in [4.78, 5) is 2.08. The maximum absolute atomic E-state index is 11.4. The van der Waals surface area contributed by atoms with Crippen molar-refractivity contribution < 1.29 is 13.2 Å². The highest BCUT2D eigenvalue weighted by Crippen LogP contribution is 2.10. The molecule has 0 spiro atoms. The van der Waals surface area contributed by atoms with Gasteiger partial charge in [-0.05, 0) is 12.8 Å². The molecule has 0 aromatic rings. The predicted molar refractivity (Wildman–Crippen MR) is 63.6 cm³/mol. The standard InChI is InChI=1S/C10H20N2O3S/c1-2-3-4-10(16(11,13)14)9-12-5-7-15-8-6-12/h2,10H,1,3-9H2,(H2,11,13,14). The van der Waals surface area contributed by atoms with E-state index in [-0.39, 0.29) is 0 Å². The molecule has 1 rings (SSSR count). The zero-order chi connectivity index (χ0) is 12.0. The van der Waals surface area contributed by atoms with Gasteiger partial charge >= 0.3 is 0 Å². The fraction of sp³-hybridized carbons (Fsp3) is 0.800. The van der Waals surface area contributed by atoms with Gasteiger partial charge in [-0.3, -0.25) is 4.90 Å². The first-order chi connectivity index (χ1) is 7.54. The normalized spacial score (nSPS) is 20.6. The van der Waals surface area contributed by atoms with Crippen LogP contribution < -0.4 is 5.14 Å². The Morgan fingerprint density at radius 1 is 1.44 bits per heavy atom. The molecule has 1 heterocycles. The van der Waals surface area contributed by atoms with Crippen LogP contribution in [0.2, 0.25) is 0 Å². The summed E-state index contributed by atoms with van der Waals surface area (Å²) >= 11 is 0. The van der Waals surface area contributed by atoms with Gasteiger partial charge < -0.3 is 4.74 Å². The van der Waals surface area contributed by atoms with E-state index in [9.17, 15) is 8.42 Å². The van der Waals surface area contributed by atoms with Gasteiger partial charge in [0.25, 0.3) is 0 Å². The second-order valence-corrected chi connectivity index (χ2v) is 5.83. The molecule has 1 unspecified atom stereocenters. The van der Waals surface area contributed by atoms with Crippen molar-refractivity contribution in [1.29, 1.82) is 0 Å². The highest BCUT2D eigenvalue weighted by molar-refractivity contribution is 7.89. The third-order valence-corrected chi connectivity index (χ3v) is 4.04. The van der Waals surface area contributed by atoms with Crippen LogP contribution in [0.4, 0.5) is 0 Å². The maximum atomic E-state index is 11.4. The second kappa shape index (κ2) is 6.34. The van der Waals surface area contributed by atoms with Gasteiger partial charge in [-0.25, -0.2) is 13.6 Å². The van der Waals surface area contributed by atoms with E-state index in [1.807, 2.05) is 0 Å². The molecule has 0 aromatic heterocycles. The van der Waals surface area contributed by atoms with E-state index >= 15 is 0 Å². The van der Waals surface area contributed by atoms with Gasteiger partial charge in [0, 0.05) is 19.6 Å². The van der Waals surface area contributed by atoms with Gasteiger partial charge in [-0.2, -0.15) is 0 Å². The Hall–Kier alpha value is -0.430. The smallest absolute Gasteiger partial charge is 0.213 e. The third-order valence-electron chi connectivity index (χ3n) is 2.72. The Labute approximate surface area is 97.3 Å². The number of hydrogen-bond donors (Lipinski definition) is 1. The molecule has 94 valence electrons. The topological polar surface area (TPSA) is 72.6 Å². The van der Waals surface area contributed by atoms with Crippen LogP contribution in [-0.4, -0.2) is 51.4 Å². The fourth-order valence-corrected chi connectivity index (χ4v) is 2.62. The number of morpholine rings is 1. The fourth-order valence-electron chi connectivity index (χ4n) is 1.73. The van der Waals surface area contributed by atoms with Crippen LogP contribution in [0.5, 0.6) is 0 Å². The molecule has 1 aliphatic heterocycles. The zero-order valence-electron chi connectivity index (χ0n) is 9.47. The molecular weight excluding hydrogens is 228 g/mol. The summed E-state index contributed by atoms with van der Waals surface area (Å²) in [6.07, 6.45) is 2.93. The Bertz CT molecular complexity index is 310. The molecule has 1 saturated heterocycles. The number of allylic oxidation sites excluding steroid dienone is 1. The number of rotatable bonds is 6. The summed E-state index contributed by atoms with van der Waals surface area (Å²) in [5, 5.41) is 4.72. The second-order valence-electron chi connectivity index (χ2n) is 3.99. The molecular formula is C10H20N2O3S. The van der Waals surface area contributed by atoms with Crippen LogP contribution in [0, 0.1) is 0 Å². The molecule has 2 N–H and O–H groups in total. The number of hydrogen-bond acceptors (Lipinski definition) is 4. The van der Waals surface area contributed by atoms with Gasteiger partial charge in [0.1, 0.15) is 0 Å². The molecule has 6 heteroatoms. The van der Waals surface area contributed by atoms with E-state index in [2.05, 4.69) is 11.5 Å². The van der Waals surface area contributed by atoms with E-state index < -0.39 is 15.3 Å². The minimum atomic E-state index is -3.47. The molecule has 0 bridgehead atoms. The molecule has 0 amide bonds. The van der Waals surface area contributed by atoms with Gasteiger partial charge in [-0.15, -0.1) is 6.58 Å². The van der Waals surface area contributed by atoms with Crippen molar-refractivity contribution in [2.75, 3.05) is 32.8 Å². The average Bonchev–Trinajstić information content (AvgIpc) is 2.24. The summed E-state index contributed by atoms with van der Waals surface area (Å²) in [6, 6.07) is 0. The maximum Gasteiger partial charge on any atom is 0.213 e. The summed E-state index contributed by atoms with van der Waals surface area (Å²) in [6.45, 7) is 6.98. The van der Waals surface area contributed by atoms with Crippen molar-refractivity contribution >= 4 is 10.0 Å². The Morgan fingerprint density at radius 2 is 2.06 bits per heavy atom. The third kappa shape index (κ3) is 4.61. The summed E-state index contributed by atoms with van der Waals surface area (Å²) in [5.74, 6) is 0. The minimum Gasteiger partial charge on any atom is -0.379 e. The molecule has 5 nitrogen and oxygen atoms in total. The predicted octanol–water partition coefficient (Wildman–Crippen LogP) is -0.0581. The van der Waals surface area contributed by atoms with Crippen molar-refractivity contribution in [3.05, 3.63) is 12.7 Å².